The Morgan fingerprint density at radius 3 is 2.65 bits per heavy atom. The van der Waals surface area contributed by atoms with Gasteiger partial charge in [0.2, 0.25) is 5.91 Å². The average molecular weight is 238 g/mol. The van der Waals surface area contributed by atoms with Crippen molar-refractivity contribution in [3.63, 3.8) is 0 Å². The molecule has 0 saturated carbocycles. The minimum absolute atomic E-state index is 0.180. The fourth-order valence-corrected chi connectivity index (χ4v) is 1.56. The zero-order chi connectivity index (χ0) is 13.0. The van der Waals surface area contributed by atoms with Crippen LogP contribution in [0.4, 0.5) is 10.1 Å². The van der Waals surface area contributed by atoms with E-state index in [1.165, 1.54) is 6.07 Å². The van der Waals surface area contributed by atoms with E-state index >= 15 is 0 Å². The third kappa shape index (κ3) is 4.15. The number of halogens is 1. The Morgan fingerprint density at radius 2 is 2.12 bits per heavy atom. The highest BCUT2D eigenvalue weighted by atomic mass is 19.1. The van der Waals surface area contributed by atoms with E-state index in [-0.39, 0.29) is 11.6 Å². The summed E-state index contributed by atoms with van der Waals surface area (Å²) in [6.07, 6.45) is 0.583. The number of carbonyl (C=O) groups is 1. The topological polar surface area (TPSA) is 55.1 Å². The van der Waals surface area contributed by atoms with Gasteiger partial charge in [0.05, 0.1) is 11.7 Å². The lowest BCUT2D eigenvalue weighted by Crippen LogP contribution is -2.36. The molecule has 0 fully saturated rings. The zero-order valence-corrected chi connectivity index (χ0v) is 10.5. The van der Waals surface area contributed by atoms with Gasteiger partial charge in [0, 0.05) is 0 Å². The van der Waals surface area contributed by atoms with Crippen molar-refractivity contribution in [3.05, 3.63) is 29.6 Å². The van der Waals surface area contributed by atoms with E-state index in [0.717, 1.165) is 5.56 Å². The molecular weight excluding hydrogens is 219 g/mol. The van der Waals surface area contributed by atoms with Crippen molar-refractivity contribution in [1.82, 2.24) is 0 Å². The SMILES string of the molecule is Cc1ccc(NC(=O)[C@@H](N)CC(C)C)c(F)c1. The quantitative estimate of drug-likeness (QED) is 0.846. The summed E-state index contributed by atoms with van der Waals surface area (Å²) in [5, 5.41) is 2.50. The van der Waals surface area contributed by atoms with Crippen LogP contribution in [0.15, 0.2) is 18.2 Å². The largest absolute Gasteiger partial charge is 0.322 e. The molecule has 0 unspecified atom stereocenters. The van der Waals surface area contributed by atoms with Crippen LogP contribution in [0, 0.1) is 18.7 Å². The van der Waals surface area contributed by atoms with Crippen LogP contribution in [0.5, 0.6) is 0 Å². The van der Waals surface area contributed by atoms with E-state index < -0.39 is 11.9 Å². The number of benzene rings is 1. The van der Waals surface area contributed by atoms with Gasteiger partial charge in [0.15, 0.2) is 0 Å². The Hall–Kier alpha value is -1.42. The number of hydrogen-bond acceptors (Lipinski definition) is 2. The van der Waals surface area contributed by atoms with E-state index in [0.29, 0.717) is 12.3 Å². The zero-order valence-electron chi connectivity index (χ0n) is 10.5. The molecule has 0 spiro atoms. The Kier molecular flexibility index (Phi) is 4.63. The van der Waals surface area contributed by atoms with E-state index in [4.69, 9.17) is 5.73 Å². The van der Waals surface area contributed by atoms with Gasteiger partial charge in [0.1, 0.15) is 5.82 Å². The molecular formula is C13H19FN2O. The molecule has 1 aromatic carbocycles. The smallest absolute Gasteiger partial charge is 0.241 e. The van der Waals surface area contributed by atoms with Crippen LogP contribution in [0.25, 0.3) is 0 Å². The molecule has 0 aliphatic heterocycles. The third-order valence-corrected chi connectivity index (χ3v) is 2.44. The van der Waals surface area contributed by atoms with Crippen LogP contribution in [-0.2, 0) is 4.79 Å². The van der Waals surface area contributed by atoms with Gasteiger partial charge in [-0.3, -0.25) is 4.79 Å². The highest BCUT2D eigenvalue weighted by Crippen LogP contribution is 2.16. The predicted octanol–water partition coefficient (Wildman–Crippen LogP) is 2.45. The second-order valence-electron chi connectivity index (χ2n) is 4.71. The molecule has 1 atom stereocenters. The molecule has 0 aliphatic rings. The second-order valence-corrected chi connectivity index (χ2v) is 4.71. The van der Waals surface area contributed by atoms with Gasteiger partial charge in [-0.25, -0.2) is 4.39 Å². The van der Waals surface area contributed by atoms with Crippen molar-refractivity contribution in [3.8, 4) is 0 Å². The normalized spacial score (nSPS) is 12.6. The van der Waals surface area contributed by atoms with Gasteiger partial charge in [-0.1, -0.05) is 19.9 Å². The molecule has 0 aromatic heterocycles. The molecule has 1 rings (SSSR count). The number of hydrogen-bond donors (Lipinski definition) is 2. The van der Waals surface area contributed by atoms with Crippen molar-refractivity contribution in [2.75, 3.05) is 5.32 Å². The number of rotatable bonds is 4. The van der Waals surface area contributed by atoms with E-state index in [1.807, 2.05) is 13.8 Å². The van der Waals surface area contributed by atoms with Gasteiger partial charge in [-0.2, -0.15) is 0 Å². The van der Waals surface area contributed by atoms with E-state index in [9.17, 15) is 9.18 Å². The molecule has 3 nitrogen and oxygen atoms in total. The van der Waals surface area contributed by atoms with Crippen LogP contribution >= 0.6 is 0 Å². The highest BCUT2D eigenvalue weighted by Gasteiger charge is 2.16. The number of aryl methyl sites for hydroxylation is 1. The lowest BCUT2D eigenvalue weighted by Gasteiger charge is -2.14. The monoisotopic (exact) mass is 238 g/mol. The standard InChI is InChI=1S/C13H19FN2O/c1-8(2)6-11(15)13(17)16-12-5-4-9(3)7-10(12)14/h4-5,7-8,11H,6,15H2,1-3H3,(H,16,17)/t11-/m0/s1. The molecule has 0 radical (unpaired) electrons. The summed E-state index contributed by atoms with van der Waals surface area (Å²) in [6, 6.07) is 4.07. The molecule has 94 valence electrons. The third-order valence-electron chi connectivity index (χ3n) is 2.44. The van der Waals surface area contributed by atoms with Gasteiger partial charge in [-0.05, 0) is 37.0 Å². The summed E-state index contributed by atoms with van der Waals surface area (Å²) in [5.74, 6) is -0.449. The summed E-state index contributed by atoms with van der Waals surface area (Å²) in [4.78, 5) is 11.7. The molecule has 0 bridgehead atoms. The van der Waals surface area contributed by atoms with Crippen LogP contribution in [0.3, 0.4) is 0 Å². The number of nitrogens with one attached hydrogen (secondary N) is 1. The Bertz CT molecular complexity index is 404. The van der Waals surface area contributed by atoms with Crippen molar-refractivity contribution >= 4 is 11.6 Å². The first-order chi connectivity index (χ1) is 7.90. The first-order valence-electron chi connectivity index (χ1n) is 5.72. The molecule has 0 saturated heterocycles. The fraction of sp³-hybridized carbons (Fsp3) is 0.462. The lowest BCUT2D eigenvalue weighted by atomic mass is 10.0. The number of amides is 1. The van der Waals surface area contributed by atoms with Gasteiger partial charge in [-0.15, -0.1) is 0 Å². The molecule has 3 N–H and O–H groups in total. The van der Waals surface area contributed by atoms with Gasteiger partial charge in [0.25, 0.3) is 0 Å². The summed E-state index contributed by atoms with van der Waals surface area (Å²) in [7, 11) is 0. The van der Waals surface area contributed by atoms with Gasteiger partial charge < -0.3 is 11.1 Å². The average Bonchev–Trinajstić information content (AvgIpc) is 2.21. The van der Waals surface area contributed by atoms with Crippen LogP contribution < -0.4 is 11.1 Å². The summed E-state index contributed by atoms with van der Waals surface area (Å²) < 4.78 is 13.5. The van der Waals surface area contributed by atoms with Crippen LogP contribution in [0.2, 0.25) is 0 Å². The molecule has 17 heavy (non-hydrogen) atoms. The Morgan fingerprint density at radius 1 is 1.47 bits per heavy atom. The maximum atomic E-state index is 13.5. The molecule has 1 aromatic rings. The maximum Gasteiger partial charge on any atom is 0.241 e. The first kappa shape index (κ1) is 13.6. The fourth-order valence-electron chi connectivity index (χ4n) is 1.56. The predicted molar refractivity (Wildman–Crippen MR) is 67.2 cm³/mol. The van der Waals surface area contributed by atoms with Crippen LogP contribution in [0.1, 0.15) is 25.8 Å². The second kappa shape index (κ2) is 5.77. The maximum absolute atomic E-state index is 13.5. The van der Waals surface area contributed by atoms with E-state index in [1.54, 1.807) is 19.1 Å². The minimum Gasteiger partial charge on any atom is -0.322 e. The van der Waals surface area contributed by atoms with Crippen molar-refractivity contribution in [1.29, 1.82) is 0 Å². The van der Waals surface area contributed by atoms with Crippen molar-refractivity contribution in [2.24, 2.45) is 11.7 Å². The van der Waals surface area contributed by atoms with E-state index in [2.05, 4.69) is 5.32 Å². The number of nitrogens with two attached hydrogens (primary N) is 1. The lowest BCUT2D eigenvalue weighted by molar-refractivity contribution is -0.117. The van der Waals surface area contributed by atoms with Crippen molar-refractivity contribution < 1.29 is 9.18 Å². The summed E-state index contributed by atoms with van der Waals surface area (Å²) in [5.41, 5.74) is 6.70. The number of anilines is 1. The first-order valence-corrected chi connectivity index (χ1v) is 5.72. The molecule has 4 heteroatoms. The summed E-state index contributed by atoms with van der Waals surface area (Å²) >= 11 is 0. The Labute approximate surface area is 101 Å². The van der Waals surface area contributed by atoms with Crippen molar-refractivity contribution in [2.45, 2.75) is 33.2 Å². The number of carbonyl (C=O) groups excluding carboxylic acids is 1. The minimum atomic E-state index is -0.601. The molecule has 1 amide bonds. The van der Waals surface area contributed by atoms with Gasteiger partial charge >= 0.3 is 0 Å². The molecule has 0 aliphatic carbocycles. The Balaban J connectivity index is 2.67. The summed E-state index contributed by atoms with van der Waals surface area (Å²) in [6.45, 7) is 5.76. The highest BCUT2D eigenvalue weighted by molar-refractivity contribution is 5.94. The molecule has 0 heterocycles. The van der Waals surface area contributed by atoms with Crippen LogP contribution in [-0.4, -0.2) is 11.9 Å².